The van der Waals surface area contributed by atoms with Gasteiger partial charge < -0.3 is 9.26 Å². The molecule has 1 saturated heterocycles. The molecule has 2 rings (SSSR count). The molecule has 4 amide bonds. The molecule has 152 valence electrons. The van der Waals surface area contributed by atoms with Crippen molar-refractivity contribution >= 4 is 31.9 Å². The summed E-state index contributed by atoms with van der Waals surface area (Å²) in [5.74, 6) is -1.19. The predicted octanol–water partition coefficient (Wildman–Crippen LogP) is 2.22. The third kappa shape index (κ3) is 4.15. The summed E-state index contributed by atoms with van der Waals surface area (Å²) < 4.78 is 5.92. The van der Waals surface area contributed by atoms with E-state index in [9.17, 15) is 14.4 Å². The van der Waals surface area contributed by atoms with Crippen LogP contribution in [0.25, 0.3) is 0 Å². The Morgan fingerprint density at radius 1 is 1.04 bits per heavy atom. The second-order valence-electron chi connectivity index (χ2n) is 7.70. The number of hydrogen-bond donors (Lipinski definition) is 0. The number of benzene rings is 1. The van der Waals surface area contributed by atoms with Gasteiger partial charge in [0, 0.05) is 20.5 Å². The summed E-state index contributed by atoms with van der Waals surface area (Å²) in [5, 5.41) is 4.02. The first-order valence-electron chi connectivity index (χ1n) is 8.93. The summed E-state index contributed by atoms with van der Waals surface area (Å²) in [6.45, 7) is 6.23. The second kappa shape index (κ2) is 8.23. The molecule has 0 unspecified atom stereocenters. The highest BCUT2D eigenvalue weighted by Gasteiger charge is 2.57. The molecule has 0 N–H and O–H groups in total. The van der Waals surface area contributed by atoms with E-state index in [-0.39, 0.29) is 13.0 Å². The predicted molar refractivity (Wildman–Crippen MR) is 107 cm³/mol. The highest BCUT2D eigenvalue weighted by atomic mass is 28.4. The average Bonchev–Trinajstić information content (AvgIpc) is 2.66. The highest BCUT2D eigenvalue weighted by Crippen LogP contribution is 2.36. The molecule has 9 heteroatoms. The molecule has 1 aromatic carbocycles. The van der Waals surface area contributed by atoms with E-state index in [1.54, 1.807) is 30.3 Å². The quantitative estimate of drug-likeness (QED) is 0.300. The zero-order valence-corrected chi connectivity index (χ0v) is 18.2. The van der Waals surface area contributed by atoms with Crippen molar-refractivity contribution in [2.24, 2.45) is 5.16 Å². The first-order valence-corrected chi connectivity index (χ1v) is 12.3. The number of carbonyl (C=O) groups excluding carboxylic acids is 3. The SMILES string of the molecule is CO/N=C(/CO[Si](C)(C)C)CC1(c2ccccc2)C(=O)N(C)C(=O)N(C)C1=O. The molecule has 0 radical (unpaired) electrons. The van der Waals surface area contributed by atoms with Gasteiger partial charge in [-0.1, -0.05) is 35.5 Å². The van der Waals surface area contributed by atoms with Gasteiger partial charge in [-0.05, 0) is 25.2 Å². The Hall–Kier alpha value is -2.52. The molecule has 1 aliphatic rings. The number of urea groups is 1. The molecular weight excluding hydrogens is 378 g/mol. The van der Waals surface area contributed by atoms with Gasteiger partial charge in [0.05, 0.1) is 12.3 Å². The molecular formula is C19H27N3O5Si. The van der Waals surface area contributed by atoms with Gasteiger partial charge in [-0.15, -0.1) is 0 Å². The Morgan fingerprint density at radius 2 is 1.57 bits per heavy atom. The van der Waals surface area contributed by atoms with Crippen LogP contribution < -0.4 is 0 Å². The van der Waals surface area contributed by atoms with E-state index in [2.05, 4.69) is 5.16 Å². The lowest BCUT2D eigenvalue weighted by Gasteiger charge is -2.42. The van der Waals surface area contributed by atoms with Crippen molar-refractivity contribution in [2.45, 2.75) is 31.5 Å². The molecule has 0 spiro atoms. The van der Waals surface area contributed by atoms with Crippen LogP contribution >= 0.6 is 0 Å². The average molecular weight is 406 g/mol. The maximum atomic E-state index is 13.3. The van der Waals surface area contributed by atoms with Gasteiger partial charge in [0.15, 0.2) is 13.7 Å². The maximum Gasteiger partial charge on any atom is 0.332 e. The number of oxime groups is 1. The minimum Gasteiger partial charge on any atom is -0.412 e. The third-order valence-electron chi connectivity index (χ3n) is 4.54. The minimum absolute atomic E-state index is 0.0467. The number of barbiturate groups is 1. The fourth-order valence-corrected chi connectivity index (χ4v) is 3.73. The zero-order chi connectivity index (χ0) is 21.1. The van der Waals surface area contributed by atoms with Crippen LogP contribution in [0.1, 0.15) is 12.0 Å². The second-order valence-corrected chi connectivity index (χ2v) is 12.2. The number of amides is 4. The standard InChI is InChI=1S/C19H27N3O5Si/c1-21-16(23)19(14-10-8-7-9-11-14,17(24)22(2)18(21)25)12-15(20-26-3)13-27-28(4,5)6/h7-11H,12-13H2,1-6H3/b20-15+. The Labute approximate surface area is 166 Å². The molecule has 0 aliphatic carbocycles. The number of imide groups is 2. The first-order chi connectivity index (χ1) is 13.0. The maximum absolute atomic E-state index is 13.3. The number of likely N-dealkylation sites (N-methyl/N-ethyl adjacent to an activating group) is 2. The molecule has 1 fully saturated rings. The van der Waals surface area contributed by atoms with E-state index >= 15 is 0 Å². The van der Waals surface area contributed by atoms with Crippen LogP contribution in [0.15, 0.2) is 35.5 Å². The van der Waals surface area contributed by atoms with Crippen LogP contribution in [0, 0.1) is 0 Å². The molecule has 1 aromatic rings. The first kappa shape index (κ1) is 21.8. The van der Waals surface area contributed by atoms with Crippen LogP contribution in [-0.4, -0.2) is 69.5 Å². The van der Waals surface area contributed by atoms with E-state index < -0.39 is 31.6 Å². The molecule has 1 aliphatic heterocycles. The zero-order valence-electron chi connectivity index (χ0n) is 17.2. The van der Waals surface area contributed by atoms with E-state index in [1.807, 2.05) is 19.6 Å². The Kier molecular flexibility index (Phi) is 6.40. The smallest absolute Gasteiger partial charge is 0.332 e. The van der Waals surface area contributed by atoms with Gasteiger partial charge >= 0.3 is 6.03 Å². The van der Waals surface area contributed by atoms with Crippen LogP contribution in [-0.2, 0) is 24.3 Å². The van der Waals surface area contributed by atoms with Gasteiger partial charge in [0.1, 0.15) is 7.11 Å². The van der Waals surface area contributed by atoms with E-state index in [1.165, 1.54) is 21.2 Å². The van der Waals surface area contributed by atoms with Crippen molar-refractivity contribution in [2.75, 3.05) is 27.8 Å². The van der Waals surface area contributed by atoms with Crippen molar-refractivity contribution in [3.63, 3.8) is 0 Å². The fraction of sp³-hybridized carbons (Fsp3) is 0.474. The molecule has 8 nitrogen and oxygen atoms in total. The molecule has 1 heterocycles. The lowest BCUT2D eigenvalue weighted by molar-refractivity contribution is -0.150. The van der Waals surface area contributed by atoms with Gasteiger partial charge in [0.25, 0.3) is 11.8 Å². The topological polar surface area (TPSA) is 88.5 Å². The third-order valence-corrected chi connectivity index (χ3v) is 5.55. The normalized spacial score (nSPS) is 17.9. The van der Waals surface area contributed by atoms with E-state index in [0.717, 1.165) is 9.80 Å². The van der Waals surface area contributed by atoms with Crippen LogP contribution in [0.3, 0.4) is 0 Å². The van der Waals surface area contributed by atoms with Gasteiger partial charge in [-0.25, -0.2) is 4.79 Å². The molecule has 0 saturated carbocycles. The summed E-state index contributed by atoms with van der Waals surface area (Å²) in [7, 11) is 2.27. The largest absolute Gasteiger partial charge is 0.412 e. The minimum atomic E-state index is -1.87. The molecule has 0 aromatic heterocycles. The molecule has 0 bridgehead atoms. The summed E-state index contributed by atoms with van der Waals surface area (Å²) in [5.41, 5.74) is -0.696. The van der Waals surface area contributed by atoms with Gasteiger partial charge in [0.2, 0.25) is 0 Å². The number of nitrogens with zero attached hydrogens (tertiary/aromatic N) is 3. The molecule has 28 heavy (non-hydrogen) atoms. The van der Waals surface area contributed by atoms with Crippen molar-refractivity contribution in [1.29, 1.82) is 0 Å². The van der Waals surface area contributed by atoms with Gasteiger partial charge in [-0.3, -0.25) is 19.4 Å². The Balaban J connectivity index is 2.56. The summed E-state index contributed by atoms with van der Waals surface area (Å²) in [6, 6.07) is 8.05. The Morgan fingerprint density at radius 3 is 2.04 bits per heavy atom. The van der Waals surface area contributed by atoms with Crippen molar-refractivity contribution in [1.82, 2.24) is 9.80 Å². The number of hydrogen-bond acceptors (Lipinski definition) is 6. The lowest BCUT2D eigenvalue weighted by Crippen LogP contribution is -2.65. The van der Waals surface area contributed by atoms with Crippen molar-refractivity contribution in [3.05, 3.63) is 35.9 Å². The summed E-state index contributed by atoms with van der Waals surface area (Å²) >= 11 is 0. The molecule has 0 atom stereocenters. The van der Waals surface area contributed by atoms with Crippen molar-refractivity contribution < 1.29 is 23.6 Å². The van der Waals surface area contributed by atoms with E-state index in [4.69, 9.17) is 9.26 Å². The summed E-state index contributed by atoms with van der Waals surface area (Å²) in [6.07, 6.45) is -0.0467. The highest BCUT2D eigenvalue weighted by molar-refractivity contribution is 6.69. The van der Waals surface area contributed by atoms with Gasteiger partial charge in [-0.2, -0.15) is 0 Å². The Bertz CT molecular complexity index is 765. The van der Waals surface area contributed by atoms with Crippen molar-refractivity contribution in [3.8, 4) is 0 Å². The number of carbonyl (C=O) groups is 3. The monoisotopic (exact) mass is 405 g/mol. The fourth-order valence-electron chi connectivity index (χ4n) is 3.13. The van der Waals surface area contributed by atoms with Crippen LogP contribution in [0.5, 0.6) is 0 Å². The summed E-state index contributed by atoms with van der Waals surface area (Å²) in [4.78, 5) is 45.7. The van der Waals surface area contributed by atoms with E-state index in [0.29, 0.717) is 11.3 Å². The number of rotatable bonds is 7. The van der Waals surface area contributed by atoms with Crippen LogP contribution in [0.2, 0.25) is 19.6 Å². The van der Waals surface area contributed by atoms with Crippen LogP contribution in [0.4, 0.5) is 4.79 Å². The lowest BCUT2D eigenvalue weighted by atomic mass is 9.72.